The lowest BCUT2D eigenvalue weighted by atomic mass is 10.1. The minimum atomic E-state index is -2.74. The topological polar surface area (TPSA) is 52.6 Å². The van der Waals surface area contributed by atoms with Gasteiger partial charge in [0.1, 0.15) is 9.84 Å². The Balaban J connectivity index is 1.74. The van der Waals surface area contributed by atoms with E-state index in [1.807, 2.05) is 0 Å². The first-order valence-electron chi connectivity index (χ1n) is 6.79. The van der Waals surface area contributed by atoms with Crippen molar-refractivity contribution in [3.8, 4) is 0 Å². The Labute approximate surface area is 110 Å². The second kappa shape index (κ2) is 5.86. The fourth-order valence-corrected chi connectivity index (χ4v) is 4.21. The Kier molecular flexibility index (Phi) is 4.64. The highest BCUT2D eigenvalue weighted by atomic mass is 32.2. The summed E-state index contributed by atoms with van der Waals surface area (Å²) < 4.78 is 22.7. The zero-order valence-corrected chi connectivity index (χ0v) is 12.2. The third-order valence-electron chi connectivity index (χ3n) is 4.18. The molecule has 2 fully saturated rings. The molecule has 1 N–H and O–H groups in total. The van der Waals surface area contributed by atoms with Crippen LogP contribution < -0.4 is 5.32 Å². The molecular weight excluding hydrogens is 250 g/mol. The van der Waals surface area contributed by atoms with Crippen LogP contribution in [0.3, 0.4) is 0 Å². The van der Waals surface area contributed by atoms with Crippen molar-refractivity contribution < 1.29 is 8.42 Å². The number of hydrogen-bond acceptors (Lipinski definition) is 5. The average molecular weight is 275 g/mol. The number of nitrogens with zero attached hydrogens (tertiary/aromatic N) is 2. The first-order chi connectivity index (χ1) is 8.46. The van der Waals surface area contributed by atoms with E-state index < -0.39 is 9.84 Å². The molecule has 2 rings (SSSR count). The Morgan fingerprint density at radius 1 is 1.17 bits per heavy atom. The molecule has 1 atom stereocenters. The number of nitrogens with one attached hydrogen (secondary N) is 1. The second-order valence-electron chi connectivity index (χ2n) is 5.73. The lowest BCUT2D eigenvalue weighted by Gasteiger charge is -2.38. The molecule has 0 radical (unpaired) electrons. The van der Waals surface area contributed by atoms with Crippen molar-refractivity contribution in [2.75, 3.05) is 51.8 Å². The first kappa shape index (κ1) is 14.2. The highest BCUT2D eigenvalue weighted by Gasteiger charge is 2.26. The Morgan fingerprint density at radius 3 is 2.50 bits per heavy atom. The van der Waals surface area contributed by atoms with Gasteiger partial charge in [0.15, 0.2) is 0 Å². The van der Waals surface area contributed by atoms with E-state index in [4.69, 9.17) is 0 Å². The van der Waals surface area contributed by atoms with Gasteiger partial charge in [-0.2, -0.15) is 0 Å². The standard InChI is InChI=1S/C12H25N3O2S/c1-14-5-6-15(2)12(10-14)9-13-11-3-7-18(16,17)8-4-11/h11-13H,3-10H2,1-2H3. The number of piperazine rings is 1. The maximum atomic E-state index is 11.4. The van der Waals surface area contributed by atoms with Crippen molar-refractivity contribution in [2.45, 2.75) is 24.9 Å². The van der Waals surface area contributed by atoms with Gasteiger partial charge >= 0.3 is 0 Å². The molecule has 0 amide bonds. The summed E-state index contributed by atoms with van der Waals surface area (Å²) in [5.74, 6) is 0.705. The fourth-order valence-electron chi connectivity index (χ4n) is 2.72. The molecule has 2 saturated heterocycles. The highest BCUT2D eigenvalue weighted by Crippen LogP contribution is 2.13. The van der Waals surface area contributed by atoms with E-state index in [2.05, 4.69) is 29.2 Å². The van der Waals surface area contributed by atoms with Crippen LogP contribution in [0.2, 0.25) is 0 Å². The number of hydrogen-bond donors (Lipinski definition) is 1. The molecule has 2 aliphatic rings. The Bertz CT molecular complexity index is 358. The molecule has 2 heterocycles. The van der Waals surface area contributed by atoms with Gasteiger partial charge in [-0.15, -0.1) is 0 Å². The van der Waals surface area contributed by atoms with Gasteiger partial charge in [-0.3, -0.25) is 4.90 Å². The van der Waals surface area contributed by atoms with Crippen LogP contribution in [-0.2, 0) is 9.84 Å². The van der Waals surface area contributed by atoms with Gasteiger partial charge in [0.25, 0.3) is 0 Å². The molecule has 2 aliphatic heterocycles. The lowest BCUT2D eigenvalue weighted by molar-refractivity contribution is 0.111. The fraction of sp³-hybridized carbons (Fsp3) is 1.00. The molecule has 1 unspecified atom stereocenters. The molecule has 106 valence electrons. The highest BCUT2D eigenvalue weighted by molar-refractivity contribution is 7.91. The Hall–Kier alpha value is -0.170. The van der Waals surface area contributed by atoms with Gasteiger partial charge in [0.2, 0.25) is 0 Å². The van der Waals surface area contributed by atoms with Crippen LogP contribution >= 0.6 is 0 Å². The van der Waals surface area contributed by atoms with E-state index in [-0.39, 0.29) is 0 Å². The SMILES string of the molecule is CN1CCN(C)C(CNC2CCS(=O)(=O)CC2)C1. The predicted molar refractivity (Wildman–Crippen MR) is 73.6 cm³/mol. The van der Waals surface area contributed by atoms with Crippen molar-refractivity contribution in [1.29, 1.82) is 0 Å². The minimum absolute atomic E-state index is 0.352. The normalized spacial score (nSPS) is 31.6. The summed E-state index contributed by atoms with van der Waals surface area (Å²) >= 11 is 0. The van der Waals surface area contributed by atoms with E-state index in [1.54, 1.807) is 0 Å². The molecule has 0 spiro atoms. The third-order valence-corrected chi connectivity index (χ3v) is 5.89. The van der Waals surface area contributed by atoms with E-state index in [0.29, 0.717) is 23.6 Å². The monoisotopic (exact) mass is 275 g/mol. The zero-order valence-electron chi connectivity index (χ0n) is 11.4. The lowest BCUT2D eigenvalue weighted by Crippen LogP contribution is -2.55. The van der Waals surface area contributed by atoms with Crippen LogP contribution in [0.4, 0.5) is 0 Å². The van der Waals surface area contributed by atoms with E-state index in [1.165, 1.54) is 0 Å². The molecule has 0 aromatic carbocycles. The molecule has 0 aromatic rings. The summed E-state index contributed by atoms with van der Waals surface area (Å²) in [6.45, 7) is 4.30. The van der Waals surface area contributed by atoms with Crippen molar-refractivity contribution in [3.05, 3.63) is 0 Å². The summed E-state index contributed by atoms with van der Waals surface area (Å²) in [6.07, 6.45) is 1.54. The van der Waals surface area contributed by atoms with Gasteiger partial charge in [-0.05, 0) is 26.9 Å². The van der Waals surface area contributed by atoms with Gasteiger partial charge in [-0.1, -0.05) is 0 Å². The van der Waals surface area contributed by atoms with Crippen molar-refractivity contribution in [1.82, 2.24) is 15.1 Å². The molecule has 0 aromatic heterocycles. The van der Waals surface area contributed by atoms with Crippen LogP contribution in [0.1, 0.15) is 12.8 Å². The summed E-state index contributed by atoms with van der Waals surface area (Å²) in [7, 11) is 1.59. The van der Waals surface area contributed by atoms with Crippen molar-refractivity contribution in [3.63, 3.8) is 0 Å². The number of sulfone groups is 1. The summed E-state index contributed by atoms with van der Waals surface area (Å²) in [5.41, 5.74) is 0. The minimum Gasteiger partial charge on any atom is -0.312 e. The van der Waals surface area contributed by atoms with Crippen LogP contribution in [0.15, 0.2) is 0 Å². The molecule has 18 heavy (non-hydrogen) atoms. The third kappa shape index (κ3) is 3.91. The largest absolute Gasteiger partial charge is 0.312 e. The summed E-state index contributed by atoms with van der Waals surface area (Å²) in [6, 6.07) is 0.927. The van der Waals surface area contributed by atoms with Crippen molar-refractivity contribution in [2.24, 2.45) is 0 Å². The van der Waals surface area contributed by atoms with Gasteiger partial charge < -0.3 is 10.2 Å². The number of likely N-dealkylation sites (N-methyl/N-ethyl adjacent to an activating group) is 2. The average Bonchev–Trinajstić information content (AvgIpc) is 2.32. The molecule has 5 nitrogen and oxygen atoms in total. The smallest absolute Gasteiger partial charge is 0.150 e. The van der Waals surface area contributed by atoms with E-state index >= 15 is 0 Å². The predicted octanol–water partition coefficient (Wildman–Crippen LogP) is -0.601. The number of rotatable bonds is 3. The zero-order chi connectivity index (χ0) is 13.2. The van der Waals surface area contributed by atoms with Crippen LogP contribution in [0, 0.1) is 0 Å². The van der Waals surface area contributed by atoms with Crippen LogP contribution in [-0.4, -0.2) is 82.1 Å². The summed E-state index contributed by atoms with van der Waals surface area (Å²) in [5, 5.41) is 3.55. The molecular formula is C12H25N3O2S. The van der Waals surface area contributed by atoms with E-state index in [9.17, 15) is 8.42 Å². The van der Waals surface area contributed by atoms with E-state index in [0.717, 1.165) is 39.0 Å². The maximum absolute atomic E-state index is 11.4. The Morgan fingerprint density at radius 2 is 1.83 bits per heavy atom. The second-order valence-corrected chi connectivity index (χ2v) is 8.03. The van der Waals surface area contributed by atoms with Gasteiger partial charge in [0.05, 0.1) is 11.5 Å². The van der Waals surface area contributed by atoms with Gasteiger partial charge in [0, 0.05) is 38.3 Å². The molecule has 0 aliphatic carbocycles. The molecule has 0 saturated carbocycles. The molecule has 0 bridgehead atoms. The quantitative estimate of drug-likeness (QED) is 0.745. The van der Waals surface area contributed by atoms with Crippen LogP contribution in [0.25, 0.3) is 0 Å². The van der Waals surface area contributed by atoms with Crippen molar-refractivity contribution >= 4 is 9.84 Å². The summed E-state index contributed by atoms with van der Waals surface area (Å²) in [4.78, 5) is 4.75. The maximum Gasteiger partial charge on any atom is 0.150 e. The van der Waals surface area contributed by atoms with Crippen LogP contribution in [0.5, 0.6) is 0 Å². The van der Waals surface area contributed by atoms with Gasteiger partial charge in [-0.25, -0.2) is 8.42 Å². The first-order valence-corrected chi connectivity index (χ1v) is 8.61. The molecule has 6 heteroatoms.